The molecule has 0 aliphatic heterocycles. The summed E-state index contributed by atoms with van der Waals surface area (Å²) in [7, 11) is 0. The molecule has 0 aliphatic rings. The first-order valence-electron chi connectivity index (χ1n) is 5.43. The standard InChI is InChI=1S/C11H16N4O/c1-3-9(16)6-12-10-4-8(2)5-11-13-7-14-15(10)11/h4-5,7,9,12,16H,3,6H2,1-2H3. The lowest BCUT2D eigenvalue weighted by Gasteiger charge is -2.12. The van der Waals surface area contributed by atoms with E-state index in [9.17, 15) is 5.11 Å². The van der Waals surface area contributed by atoms with Crippen molar-refractivity contribution in [1.29, 1.82) is 0 Å². The Morgan fingerprint density at radius 1 is 1.50 bits per heavy atom. The minimum atomic E-state index is -0.334. The largest absolute Gasteiger partial charge is 0.391 e. The molecular weight excluding hydrogens is 204 g/mol. The fraction of sp³-hybridized carbons (Fsp3) is 0.455. The summed E-state index contributed by atoms with van der Waals surface area (Å²) < 4.78 is 1.73. The highest BCUT2D eigenvalue weighted by atomic mass is 16.3. The Labute approximate surface area is 94.1 Å². The molecule has 0 saturated heterocycles. The average molecular weight is 220 g/mol. The van der Waals surface area contributed by atoms with E-state index in [4.69, 9.17) is 0 Å². The van der Waals surface area contributed by atoms with Gasteiger partial charge in [-0.15, -0.1) is 0 Å². The van der Waals surface area contributed by atoms with E-state index in [1.807, 2.05) is 26.0 Å². The second-order valence-electron chi connectivity index (χ2n) is 3.89. The minimum absolute atomic E-state index is 0.334. The minimum Gasteiger partial charge on any atom is -0.391 e. The number of rotatable bonds is 4. The van der Waals surface area contributed by atoms with Gasteiger partial charge in [0.05, 0.1) is 6.10 Å². The van der Waals surface area contributed by atoms with Crippen molar-refractivity contribution in [2.75, 3.05) is 11.9 Å². The summed E-state index contributed by atoms with van der Waals surface area (Å²) in [6, 6.07) is 3.96. The van der Waals surface area contributed by atoms with Crippen molar-refractivity contribution in [3.05, 3.63) is 24.0 Å². The van der Waals surface area contributed by atoms with E-state index in [-0.39, 0.29) is 6.10 Å². The summed E-state index contributed by atoms with van der Waals surface area (Å²) in [4.78, 5) is 4.14. The van der Waals surface area contributed by atoms with Crippen LogP contribution in [0.4, 0.5) is 5.82 Å². The van der Waals surface area contributed by atoms with Gasteiger partial charge in [0.25, 0.3) is 0 Å². The van der Waals surface area contributed by atoms with E-state index < -0.39 is 0 Å². The third-order valence-corrected chi connectivity index (χ3v) is 2.51. The molecule has 2 aromatic rings. The zero-order valence-electron chi connectivity index (χ0n) is 9.51. The topological polar surface area (TPSA) is 62.5 Å². The van der Waals surface area contributed by atoms with Crippen LogP contribution in [-0.4, -0.2) is 32.4 Å². The summed E-state index contributed by atoms with van der Waals surface area (Å²) in [5.41, 5.74) is 1.93. The Morgan fingerprint density at radius 2 is 2.31 bits per heavy atom. The predicted molar refractivity (Wildman–Crippen MR) is 62.5 cm³/mol. The number of aliphatic hydroxyl groups is 1. The van der Waals surface area contributed by atoms with Gasteiger partial charge in [0.15, 0.2) is 5.65 Å². The van der Waals surface area contributed by atoms with Crippen molar-refractivity contribution >= 4 is 11.5 Å². The molecule has 2 aromatic heterocycles. The number of hydrogen-bond donors (Lipinski definition) is 2. The number of nitrogens with zero attached hydrogens (tertiary/aromatic N) is 3. The lowest BCUT2D eigenvalue weighted by atomic mass is 10.2. The Hall–Kier alpha value is -1.62. The first-order chi connectivity index (χ1) is 7.70. The van der Waals surface area contributed by atoms with Gasteiger partial charge in [0.1, 0.15) is 12.1 Å². The predicted octanol–water partition coefficient (Wildman–Crippen LogP) is 1.22. The normalized spacial score (nSPS) is 12.9. The van der Waals surface area contributed by atoms with Gasteiger partial charge >= 0.3 is 0 Å². The number of nitrogens with one attached hydrogen (secondary N) is 1. The van der Waals surface area contributed by atoms with Gasteiger partial charge in [-0.3, -0.25) is 0 Å². The van der Waals surface area contributed by atoms with Crippen molar-refractivity contribution < 1.29 is 5.11 Å². The van der Waals surface area contributed by atoms with Gasteiger partial charge in [-0.25, -0.2) is 4.98 Å². The number of hydrogen-bond acceptors (Lipinski definition) is 4. The van der Waals surface area contributed by atoms with Crippen LogP contribution >= 0.6 is 0 Å². The molecule has 0 radical (unpaired) electrons. The van der Waals surface area contributed by atoms with Crippen LogP contribution < -0.4 is 5.32 Å². The van der Waals surface area contributed by atoms with E-state index in [0.29, 0.717) is 6.54 Å². The van der Waals surface area contributed by atoms with E-state index in [0.717, 1.165) is 23.4 Å². The van der Waals surface area contributed by atoms with Crippen molar-refractivity contribution in [2.45, 2.75) is 26.4 Å². The highest BCUT2D eigenvalue weighted by Crippen LogP contribution is 2.13. The highest BCUT2D eigenvalue weighted by molar-refractivity contribution is 5.51. The van der Waals surface area contributed by atoms with Crippen LogP contribution in [0.25, 0.3) is 5.65 Å². The molecular formula is C11H16N4O. The second kappa shape index (κ2) is 4.49. The summed E-state index contributed by atoms with van der Waals surface area (Å²) >= 11 is 0. The molecule has 0 spiro atoms. The summed E-state index contributed by atoms with van der Waals surface area (Å²) in [6.07, 6.45) is 1.93. The second-order valence-corrected chi connectivity index (χ2v) is 3.89. The van der Waals surface area contributed by atoms with Crippen molar-refractivity contribution in [2.24, 2.45) is 0 Å². The number of anilines is 1. The van der Waals surface area contributed by atoms with E-state index >= 15 is 0 Å². The van der Waals surface area contributed by atoms with E-state index in [2.05, 4.69) is 15.4 Å². The molecule has 0 bridgehead atoms. The first kappa shape index (κ1) is 10.9. The van der Waals surface area contributed by atoms with Gasteiger partial charge in [0.2, 0.25) is 0 Å². The van der Waals surface area contributed by atoms with Crippen LogP contribution in [-0.2, 0) is 0 Å². The monoisotopic (exact) mass is 220 g/mol. The molecule has 2 N–H and O–H groups in total. The van der Waals surface area contributed by atoms with Crippen LogP contribution in [0, 0.1) is 6.92 Å². The number of aryl methyl sites for hydroxylation is 1. The number of fused-ring (bicyclic) bond motifs is 1. The summed E-state index contributed by atoms with van der Waals surface area (Å²) in [5.74, 6) is 0.861. The quantitative estimate of drug-likeness (QED) is 0.813. The van der Waals surface area contributed by atoms with Crippen LogP contribution in [0.3, 0.4) is 0 Å². The SMILES string of the molecule is CCC(O)CNc1cc(C)cc2ncnn12. The molecule has 5 nitrogen and oxygen atoms in total. The maximum atomic E-state index is 9.50. The smallest absolute Gasteiger partial charge is 0.157 e. The zero-order chi connectivity index (χ0) is 11.5. The van der Waals surface area contributed by atoms with Crippen molar-refractivity contribution in [3.8, 4) is 0 Å². The van der Waals surface area contributed by atoms with Gasteiger partial charge in [-0.05, 0) is 31.0 Å². The molecule has 1 unspecified atom stereocenters. The third-order valence-electron chi connectivity index (χ3n) is 2.51. The van der Waals surface area contributed by atoms with Crippen molar-refractivity contribution in [3.63, 3.8) is 0 Å². The maximum absolute atomic E-state index is 9.50. The lowest BCUT2D eigenvalue weighted by molar-refractivity contribution is 0.183. The third kappa shape index (κ3) is 2.14. The lowest BCUT2D eigenvalue weighted by Crippen LogP contribution is -2.19. The summed E-state index contributed by atoms with van der Waals surface area (Å²) in [5, 5.41) is 16.8. The van der Waals surface area contributed by atoms with E-state index in [1.165, 1.54) is 6.33 Å². The first-order valence-corrected chi connectivity index (χ1v) is 5.43. The molecule has 0 aromatic carbocycles. The Bertz CT molecular complexity index is 480. The summed E-state index contributed by atoms with van der Waals surface area (Å²) in [6.45, 7) is 4.48. The van der Waals surface area contributed by atoms with Gasteiger partial charge < -0.3 is 10.4 Å². The fourth-order valence-corrected chi connectivity index (χ4v) is 1.55. The number of aliphatic hydroxyl groups excluding tert-OH is 1. The molecule has 0 fully saturated rings. The zero-order valence-corrected chi connectivity index (χ0v) is 9.51. The van der Waals surface area contributed by atoms with Gasteiger partial charge in [0, 0.05) is 6.54 Å². The molecule has 1 atom stereocenters. The van der Waals surface area contributed by atoms with Crippen LogP contribution in [0.2, 0.25) is 0 Å². The van der Waals surface area contributed by atoms with Crippen LogP contribution in [0.1, 0.15) is 18.9 Å². The molecule has 5 heteroatoms. The average Bonchev–Trinajstić information content (AvgIpc) is 2.73. The van der Waals surface area contributed by atoms with E-state index in [1.54, 1.807) is 4.52 Å². The Morgan fingerprint density at radius 3 is 3.06 bits per heavy atom. The van der Waals surface area contributed by atoms with Gasteiger partial charge in [-0.2, -0.15) is 9.61 Å². The molecule has 2 rings (SSSR count). The maximum Gasteiger partial charge on any atom is 0.157 e. The Balaban J connectivity index is 2.25. The Kier molecular flexibility index (Phi) is 3.05. The highest BCUT2D eigenvalue weighted by Gasteiger charge is 2.05. The molecule has 0 amide bonds. The molecule has 0 aliphatic carbocycles. The molecule has 2 heterocycles. The number of aromatic nitrogens is 3. The fourth-order valence-electron chi connectivity index (χ4n) is 1.55. The molecule has 16 heavy (non-hydrogen) atoms. The van der Waals surface area contributed by atoms with Crippen LogP contribution in [0.15, 0.2) is 18.5 Å². The van der Waals surface area contributed by atoms with Crippen LogP contribution in [0.5, 0.6) is 0 Å². The molecule has 0 saturated carbocycles. The number of pyridine rings is 1. The molecule has 86 valence electrons. The van der Waals surface area contributed by atoms with Crippen molar-refractivity contribution in [1.82, 2.24) is 14.6 Å². The van der Waals surface area contributed by atoms with Gasteiger partial charge in [-0.1, -0.05) is 6.92 Å².